The number of phenolic OH excluding ortho intramolecular Hbond substituents is 1. The first-order valence-corrected chi connectivity index (χ1v) is 7.11. The Hall–Kier alpha value is -1.81. The Kier molecular flexibility index (Phi) is 4.58. The number of hydrogen-bond donors (Lipinski definition) is 2. The summed E-state index contributed by atoms with van der Waals surface area (Å²) in [6.45, 7) is 2.63. The summed E-state index contributed by atoms with van der Waals surface area (Å²) < 4.78 is 0. The lowest BCUT2D eigenvalue weighted by atomic mass is 10.1. The summed E-state index contributed by atoms with van der Waals surface area (Å²) in [5, 5.41) is 14.5. The second-order valence-corrected chi connectivity index (χ2v) is 5.43. The van der Waals surface area contributed by atoms with Crippen molar-refractivity contribution in [2.75, 3.05) is 0 Å². The van der Waals surface area contributed by atoms with Crippen LogP contribution in [0.5, 0.6) is 5.75 Å². The van der Waals surface area contributed by atoms with E-state index in [0.717, 1.165) is 5.56 Å². The van der Waals surface area contributed by atoms with Crippen LogP contribution in [0, 0.1) is 6.92 Å². The van der Waals surface area contributed by atoms with Crippen molar-refractivity contribution < 1.29 is 9.90 Å². The minimum atomic E-state index is 0.0102. The number of hydrogen-bond acceptors (Lipinski definition) is 3. The average molecular weight is 275 g/mol. The van der Waals surface area contributed by atoms with Gasteiger partial charge in [-0.05, 0) is 42.0 Å². The number of rotatable bonds is 5. The number of amides is 1. The molecule has 3 nitrogen and oxygen atoms in total. The summed E-state index contributed by atoms with van der Waals surface area (Å²) in [6.07, 6.45) is 0.948. The highest BCUT2D eigenvalue weighted by Crippen LogP contribution is 2.17. The number of thiophene rings is 1. The lowest BCUT2D eigenvalue weighted by Crippen LogP contribution is -2.22. The predicted molar refractivity (Wildman–Crippen MR) is 77.3 cm³/mol. The lowest BCUT2D eigenvalue weighted by molar-refractivity contribution is -0.121. The number of carbonyl (C=O) groups is 1. The molecule has 2 N–H and O–H groups in total. The number of carbonyl (C=O) groups excluding carboxylic acids is 1. The van der Waals surface area contributed by atoms with Gasteiger partial charge in [0.05, 0.1) is 6.54 Å². The Morgan fingerprint density at radius 3 is 2.79 bits per heavy atom. The fraction of sp³-hybridized carbons (Fsp3) is 0.267. The maximum Gasteiger partial charge on any atom is 0.220 e. The quantitative estimate of drug-likeness (QED) is 0.881. The molecule has 0 fully saturated rings. The molecule has 0 saturated carbocycles. The van der Waals surface area contributed by atoms with E-state index in [1.807, 2.05) is 30.5 Å². The highest BCUT2D eigenvalue weighted by Gasteiger charge is 2.06. The van der Waals surface area contributed by atoms with E-state index >= 15 is 0 Å². The van der Waals surface area contributed by atoms with Gasteiger partial charge in [0.2, 0.25) is 5.91 Å². The van der Waals surface area contributed by atoms with Crippen LogP contribution in [0.4, 0.5) is 0 Å². The third kappa shape index (κ3) is 3.83. The molecule has 1 amide bonds. The molecule has 0 atom stereocenters. The molecule has 1 heterocycles. The normalized spacial score (nSPS) is 10.4. The second-order valence-electron chi connectivity index (χ2n) is 4.43. The Morgan fingerprint density at radius 2 is 2.11 bits per heavy atom. The Balaban J connectivity index is 1.79. The van der Waals surface area contributed by atoms with Crippen molar-refractivity contribution in [3.8, 4) is 5.75 Å². The highest BCUT2D eigenvalue weighted by molar-refractivity contribution is 7.10. The van der Waals surface area contributed by atoms with Crippen LogP contribution >= 0.6 is 11.3 Å². The summed E-state index contributed by atoms with van der Waals surface area (Å²) in [5.74, 6) is 0.264. The third-order valence-corrected chi connectivity index (χ3v) is 4.05. The average Bonchev–Trinajstić information content (AvgIpc) is 2.81. The molecule has 100 valence electrons. The summed E-state index contributed by atoms with van der Waals surface area (Å²) >= 11 is 1.65. The zero-order valence-electron chi connectivity index (χ0n) is 10.8. The van der Waals surface area contributed by atoms with Gasteiger partial charge in [-0.1, -0.05) is 18.2 Å². The number of para-hydroxylation sites is 1. The van der Waals surface area contributed by atoms with Crippen LogP contribution in [0.2, 0.25) is 0 Å². The molecule has 2 rings (SSSR count). The molecule has 0 aliphatic rings. The van der Waals surface area contributed by atoms with E-state index in [1.165, 1.54) is 10.4 Å². The van der Waals surface area contributed by atoms with Gasteiger partial charge in [-0.15, -0.1) is 11.3 Å². The first-order valence-electron chi connectivity index (χ1n) is 6.23. The van der Waals surface area contributed by atoms with Gasteiger partial charge in [0.15, 0.2) is 0 Å². The molecule has 19 heavy (non-hydrogen) atoms. The van der Waals surface area contributed by atoms with Gasteiger partial charge in [-0.25, -0.2) is 0 Å². The minimum absolute atomic E-state index is 0.0102. The van der Waals surface area contributed by atoms with Gasteiger partial charge in [0, 0.05) is 11.3 Å². The van der Waals surface area contributed by atoms with Crippen LogP contribution in [-0.4, -0.2) is 11.0 Å². The SMILES string of the molecule is Cc1ccsc1CNC(=O)CCc1ccccc1O. The molecule has 0 unspecified atom stereocenters. The standard InChI is InChI=1S/C15H17NO2S/c1-11-8-9-19-14(11)10-16-15(18)7-6-12-4-2-3-5-13(12)17/h2-5,8-9,17H,6-7,10H2,1H3,(H,16,18). The number of benzene rings is 1. The van der Waals surface area contributed by atoms with Gasteiger partial charge < -0.3 is 10.4 Å². The Labute approximate surface area is 116 Å². The van der Waals surface area contributed by atoms with Gasteiger partial charge in [-0.2, -0.15) is 0 Å². The number of nitrogens with one attached hydrogen (secondary N) is 1. The van der Waals surface area contributed by atoms with Crippen molar-refractivity contribution in [2.24, 2.45) is 0 Å². The van der Waals surface area contributed by atoms with Gasteiger partial charge in [-0.3, -0.25) is 4.79 Å². The zero-order chi connectivity index (χ0) is 13.7. The molecule has 0 bridgehead atoms. The first-order chi connectivity index (χ1) is 9.16. The van der Waals surface area contributed by atoms with Crippen LogP contribution in [-0.2, 0) is 17.8 Å². The molecular formula is C15H17NO2S. The summed E-state index contributed by atoms with van der Waals surface area (Å²) in [6, 6.07) is 9.17. The van der Waals surface area contributed by atoms with Crippen LogP contribution in [0.25, 0.3) is 0 Å². The molecule has 1 aromatic carbocycles. The summed E-state index contributed by atoms with van der Waals surface area (Å²) in [7, 11) is 0. The second kappa shape index (κ2) is 6.38. The Bertz CT molecular complexity index is 563. The van der Waals surface area contributed by atoms with Crippen LogP contribution in [0.1, 0.15) is 22.4 Å². The summed E-state index contributed by atoms with van der Waals surface area (Å²) in [4.78, 5) is 12.9. The lowest BCUT2D eigenvalue weighted by Gasteiger charge is -2.06. The highest BCUT2D eigenvalue weighted by atomic mass is 32.1. The van der Waals surface area contributed by atoms with E-state index in [9.17, 15) is 9.90 Å². The fourth-order valence-electron chi connectivity index (χ4n) is 1.82. The van der Waals surface area contributed by atoms with E-state index in [2.05, 4.69) is 5.32 Å². The zero-order valence-corrected chi connectivity index (χ0v) is 11.7. The smallest absolute Gasteiger partial charge is 0.220 e. The van der Waals surface area contributed by atoms with E-state index < -0.39 is 0 Å². The van der Waals surface area contributed by atoms with Crippen LogP contribution < -0.4 is 5.32 Å². The van der Waals surface area contributed by atoms with Crippen molar-refractivity contribution in [3.05, 3.63) is 51.7 Å². The number of aromatic hydroxyl groups is 1. The molecule has 0 aliphatic carbocycles. The largest absolute Gasteiger partial charge is 0.508 e. The van der Waals surface area contributed by atoms with Gasteiger partial charge in [0.1, 0.15) is 5.75 Å². The maximum atomic E-state index is 11.7. The number of aryl methyl sites for hydroxylation is 2. The van der Waals surface area contributed by atoms with Gasteiger partial charge in [0.25, 0.3) is 0 Å². The molecule has 0 spiro atoms. The molecule has 2 aromatic rings. The number of phenols is 1. The van der Waals surface area contributed by atoms with Crippen molar-refractivity contribution in [1.82, 2.24) is 5.32 Å². The van der Waals surface area contributed by atoms with Crippen LogP contribution in [0.3, 0.4) is 0 Å². The molecular weight excluding hydrogens is 258 g/mol. The molecule has 0 saturated heterocycles. The van der Waals surface area contributed by atoms with Crippen LogP contribution in [0.15, 0.2) is 35.7 Å². The minimum Gasteiger partial charge on any atom is -0.508 e. The Morgan fingerprint density at radius 1 is 1.32 bits per heavy atom. The molecule has 0 radical (unpaired) electrons. The fourth-order valence-corrected chi connectivity index (χ4v) is 2.67. The topological polar surface area (TPSA) is 49.3 Å². The maximum absolute atomic E-state index is 11.7. The van der Waals surface area contributed by atoms with Crippen molar-refractivity contribution in [3.63, 3.8) is 0 Å². The monoisotopic (exact) mass is 275 g/mol. The van der Waals surface area contributed by atoms with E-state index in [4.69, 9.17) is 0 Å². The van der Waals surface area contributed by atoms with Crippen molar-refractivity contribution in [2.45, 2.75) is 26.3 Å². The molecule has 4 heteroatoms. The van der Waals surface area contributed by atoms with Crippen molar-refractivity contribution >= 4 is 17.2 Å². The first kappa shape index (κ1) is 13.6. The van der Waals surface area contributed by atoms with Gasteiger partial charge >= 0.3 is 0 Å². The third-order valence-electron chi connectivity index (χ3n) is 3.03. The molecule has 1 aromatic heterocycles. The predicted octanol–water partition coefficient (Wildman–Crippen LogP) is 3.01. The van der Waals surface area contributed by atoms with E-state index in [-0.39, 0.29) is 11.7 Å². The summed E-state index contributed by atoms with van der Waals surface area (Å²) in [5.41, 5.74) is 2.02. The van der Waals surface area contributed by atoms with E-state index in [0.29, 0.717) is 19.4 Å². The van der Waals surface area contributed by atoms with E-state index in [1.54, 1.807) is 23.5 Å². The molecule has 0 aliphatic heterocycles. The van der Waals surface area contributed by atoms with Crippen molar-refractivity contribution in [1.29, 1.82) is 0 Å².